The summed E-state index contributed by atoms with van der Waals surface area (Å²) in [5, 5.41) is 11.9. The fraction of sp³-hybridized carbons (Fsp3) is 0.120. The van der Waals surface area contributed by atoms with Crippen molar-refractivity contribution in [2.45, 2.75) is 16.9 Å². The van der Waals surface area contributed by atoms with E-state index in [0.717, 1.165) is 9.99 Å². The first kappa shape index (κ1) is 22.8. The highest BCUT2D eigenvalue weighted by Crippen LogP contribution is 2.41. The summed E-state index contributed by atoms with van der Waals surface area (Å²) in [5.74, 6) is 0.443. The van der Waals surface area contributed by atoms with Gasteiger partial charge in [0.05, 0.1) is 24.3 Å². The van der Waals surface area contributed by atoms with Gasteiger partial charge in [-0.3, -0.25) is 0 Å². The molecule has 0 aliphatic carbocycles. The number of furan rings is 1. The van der Waals surface area contributed by atoms with E-state index in [4.69, 9.17) is 13.9 Å². The molecule has 0 amide bonds. The molecule has 168 valence electrons. The van der Waals surface area contributed by atoms with Crippen LogP contribution in [0.4, 0.5) is 5.69 Å². The zero-order valence-corrected chi connectivity index (χ0v) is 19.6. The van der Waals surface area contributed by atoms with Crippen molar-refractivity contribution in [2.75, 3.05) is 13.7 Å². The maximum atomic E-state index is 12.6. The normalized spacial score (nSPS) is 15.9. The summed E-state index contributed by atoms with van der Waals surface area (Å²) >= 11 is 2.68. The van der Waals surface area contributed by atoms with Crippen LogP contribution < -0.4 is 4.74 Å². The van der Waals surface area contributed by atoms with Crippen molar-refractivity contribution in [2.24, 2.45) is 4.99 Å². The first-order valence-corrected chi connectivity index (χ1v) is 11.8. The molecule has 0 unspecified atom stereocenters. The quantitative estimate of drug-likeness (QED) is 0.381. The molecule has 6 nitrogen and oxygen atoms in total. The van der Waals surface area contributed by atoms with Crippen LogP contribution in [-0.4, -0.2) is 29.8 Å². The molecule has 33 heavy (non-hydrogen) atoms. The van der Waals surface area contributed by atoms with Gasteiger partial charge in [0, 0.05) is 4.90 Å². The lowest BCUT2D eigenvalue weighted by molar-refractivity contribution is -0.138. The molecule has 2 aromatic carbocycles. The van der Waals surface area contributed by atoms with Gasteiger partial charge in [-0.15, -0.1) is 0 Å². The lowest BCUT2D eigenvalue weighted by atomic mass is 10.2. The fourth-order valence-electron chi connectivity index (χ4n) is 2.97. The SMILES string of the molecule is CCOC(=O)C1=C(O)/C(=C\c2ccc(Sc3ccccc3)o2)SC1=Nc1ccc(OC)cc1. The van der Waals surface area contributed by atoms with Crippen LogP contribution in [0.1, 0.15) is 12.7 Å². The molecule has 1 aliphatic rings. The highest BCUT2D eigenvalue weighted by atomic mass is 32.2. The van der Waals surface area contributed by atoms with E-state index in [1.54, 1.807) is 44.4 Å². The highest BCUT2D eigenvalue weighted by Gasteiger charge is 2.33. The molecule has 1 aromatic heterocycles. The van der Waals surface area contributed by atoms with Crippen molar-refractivity contribution < 1.29 is 23.8 Å². The van der Waals surface area contributed by atoms with Crippen LogP contribution in [0.3, 0.4) is 0 Å². The fourth-order valence-corrected chi connectivity index (χ4v) is 4.78. The van der Waals surface area contributed by atoms with E-state index < -0.39 is 5.97 Å². The second-order valence-corrected chi connectivity index (χ2v) is 8.85. The topological polar surface area (TPSA) is 81.3 Å². The van der Waals surface area contributed by atoms with Crippen molar-refractivity contribution in [3.8, 4) is 5.75 Å². The number of hydrogen-bond donors (Lipinski definition) is 1. The number of aliphatic hydroxyl groups is 1. The molecule has 3 aromatic rings. The van der Waals surface area contributed by atoms with Gasteiger partial charge >= 0.3 is 5.97 Å². The first-order chi connectivity index (χ1) is 16.1. The Balaban J connectivity index is 1.62. The molecule has 0 atom stereocenters. The number of rotatable bonds is 7. The van der Waals surface area contributed by atoms with Crippen molar-refractivity contribution in [1.82, 2.24) is 0 Å². The summed E-state index contributed by atoms with van der Waals surface area (Å²) in [6, 6.07) is 20.7. The molecule has 0 bridgehead atoms. The van der Waals surface area contributed by atoms with Crippen molar-refractivity contribution in [3.63, 3.8) is 0 Å². The Hall–Kier alpha value is -3.36. The molecular weight excluding hydrogens is 458 g/mol. The third kappa shape index (κ3) is 5.53. The minimum Gasteiger partial charge on any atom is -0.506 e. The Morgan fingerprint density at radius 1 is 1.12 bits per heavy atom. The number of ether oxygens (including phenoxy) is 2. The van der Waals surface area contributed by atoms with Crippen LogP contribution in [0.5, 0.6) is 5.75 Å². The standard InChI is InChI=1S/C25H21NO5S2/c1-3-30-25(28)22-23(27)20(33-24(22)26-16-9-11-17(29-2)12-10-16)15-18-13-14-21(31-18)32-19-7-5-4-6-8-19/h4-15,27H,3H2,1-2H3/b20-15+,26-24?. The number of aliphatic imine (C=N–C) groups is 1. The van der Waals surface area contributed by atoms with Gasteiger partial charge in [0.15, 0.2) is 5.09 Å². The minimum atomic E-state index is -0.627. The first-order valence-electron chi connectivity index (χ1n) is 10.1. The Morgan fingerprint density at radius 3 is 2.58 bits per heavy atom. The molecule has 0 radical (unpaired) electrons. The Morgan fingerprint density at radius 2 is 1.88 bits per heavy atom. The van der Waals surface area contributed by atoms with Gasteiger partial charge < -0.3 is 19.0 Å². The van der Waals surface area contributed by atoms with Gasteiger partial charge in [-0.25, -0.2) is 9.79 Å². The van der Waals surface area contributed by atoms with E-state index in [2.05, 4.69) is 4.99 Å². The van der Waals surface area contributed by atoms with Gasteiger partial charge in [0.1, 0.15) is 27.9 Å². The van der Waals surface area contributed by atoms with Crippen LogP contribution >= 0.6 is 23.5 Å². The minimum absolute atomic E-state index is 0.0364. The van der Waals surface area contributed by atoms with E-state index in [1.165, 1.54) is 23.5 Å². The van der Waals surface area contributed by atoms with Crippen molar-refractivity contribution >= 4 is 46.3 Å². The summed E-state index contributed by atoms with van der Waals surface area (Å²) in [5.41, 5.74) is 0.656. The predicted molar refractivity (Wildman–Crippen MR) is 131 cm³/mol. The monoisotopic (exact) mass is 479 g/mol. The summed E-state index contributed by atoms with van der Waals surface area (Å²) in [6.45, 7) is 1.90. The Labute approximate surface area is 200 Å². The summed E-state index contributed by atoms with van der Waals surface area (Å²) < 4.78 is 16.2. The van der Waals surface area contributed by atoms with E-state index >= 15 is 0 Å². The van der Waals surface area contributed by atoms with Crippen LogP contribution in [0.2, 0.25) is 0 Å². The number of benzene rings is 2. The maximum Gasteiger partial charge on any atom is 0.344 e. The van der Waals surface area contributed by atoms with E-state index in [9.17, 15) is 9.90 Å². The molecule has 1 N–H and O–H groups in total. The summed E-state index contributed by atoms with van der Waals surface area (Å²) in [7, 11) is 1.59. The smallest absolute Gasteiger partial charge is 0.344 e. The molecule has 2 heterocycles. The van der Waals surface area contributed by atoms with Crippen LogP contribution in [0.25, 0.3) is 6.08 Å². The predicted octanol–water partition coefficient (Wildman–Crippen LogP) is 6.63. The average molecular weight is 480 g/mol. The number of carbonyl (C=O) groups is 1. The number of hydrogen-bond acceptors (Lipinski definition) is 8. The van der Waals surface area contributed by atoms with Gasteiger partial charge in [-0.05, 0) is 61.5 Å². The van der Waals surface area contributed by atoms with Crippen LogP contribution in [0.15, 0.2) is 102 Å². The average Bonchev–Trinajstić information content (AvgIpc) is 3.39. The lowest BCUT2D eigenvalue weighted by Gasteiger charge is -2.04. The zero-order valence-electron chi connectivity index (χ0n) is 18.0. The third-order valence-corrected chi connectivity index (χ3v) is 6.46. The molecule has 0 fully saturated rings. The summed E-state index contributed by atoms with van der Waals surface area (Å²) in [4.78, 5) is 18.6. The second kappa shape index (κ2) is 10.5. The largest absolute Gasteiger partial charge is 0.506 e. The molecule has 0 spiro atoms. The van der Waals surface area contributed by atoms with E-state index in [0.29, 0.717) is 27.1 Å². The number of carbonyl (C=O) groups excluding carboxylic acids is 1. The third-order valence-electron chi connectivity index (χ3n) is 4.51. The van der Waals surface area contributed by atoms with E-state index in [-0.39, 0.29) is 17.9 Å². The molecule has 0 saturated carbocycles. The zero-order chi connectivity index (χ0) is 23.2. The Bertz CT molecular complexity index is 1230. The molecule has 8 heteroatoms. The van der Waals surface area contributed by atoms with Gasteiger partial charge in [0.2, 0.25) is 0 Å². The second-order valence-electron chi connectivity index (χ2n) is 6.74. The molecule has 0 saturated heterocycles. The molecule has 4 rings (SSSR count). The number of esters is 1. The van der Waals surface area contributed by atoms with Crippen molar-refractivity contribution in [3.05, 3.63) is 88.7 Å². The number of methoxy groups -OCH3 is 1. The maximum absolute atomic E-state index is 12.6. The van der Waals surface area contributed by atoms with E-state index in [1.807, 2.05) is 42.5 Å². The lowest BCUT2D eigenvalue weighted by Crippen LogP contribution is -2.12. The van der Waals surface area contributed by atoms with Crippen molar-refractivity contribution in [1.29, 1.82) is 0 Å². The summed E-state index contributed by atoms with van der Waals surface area (Å²) in [6.07, 6.45) is 1.69. The number of thioether (sulfide) groups is 1. The number of aliphatic hydroxyl groups excluding tert-OH is 1. The van der Waals surface area contributed by atoms with Gasteiger partial charge in [-0.2, -0.15) is 0 Å². The van der Waals surface area contributed by atoms with Crippen LogP contribution in [-0.2, 0) is 9.53 Å². The highest BCUT2D eigenvalue weighted by molar-refractivity contribution is 8.18. The van der Waals surface area contributed by atoms with Crippen LogP contribution in [0, 0.1) is 0 Å². The number of nitrogens with zero attached hydrogens (tertiary/aromatic N) is 1. The molecule has 1 aliphatic heterocycles. The Kier molecular flexibility index (Phi) is 7.26. The van der Waals surface area contributed by atoms with Gasteiger partial charge in [-0.1, -0.05) is 41.7 Å². The van der Waals surface area contributed by atoms with Gasteiger partial charge in [0.25, 0.3) is 0 Å². The molecular formula is C25H21NO5S2.